The van der Waals surface area contributed by atoms with Crippen molar-refractivity contribution in [3.8, 4) is 0 Å². The number of nitrogens with zero attached hydrogens (tertiary/aromatic N) is 2. The Bertz CT molecular complexity index is 465. The zero-order chi connectivity index (χ0) is 12.1. The Morgan fingerprint density at radius 1 is 1.41 bits per heavy atom. The van der Waals surface area contributed by atoms with Crippen LogP contribution in [0, 0.1) is 0 Å². The second-order valence-electron chi connectivity index (χ2n) is 3.82. The highest BCUT2D eigenvalue weighted by atomic mass is 32.1. The van der Waals surface area contributed by atoms with Crippen LogP contribution in [0.1, 0.15) is 15.2 Å². The fourth-order valence-corrected chi connectivity index (χ4v) is 2.24. The van der Waals surface area contributed by atoms with Gasteiger partial charge in [0.15, 0.2) is 6.29 Å². The number of carbonyl (C=O) groups is 1. The molecular weight excluding hydrogens is 232 g/mol. The summed E-state index contributed by atoms with van der Waals surface area (Å²) in [7, 11) is 2.01. The summed E-state index contributed by atoms with van der Waals surface area (Å²) < 4.78 is 0. The molecule has 0 spiro atoms. The van der Waals surface area contributed by atoms with Crippen molar-refractivity contribution in [1.82, 2.24) is 4.98 Å². The molecular formula is C13H14N2OS. The van der Waals surface area contributed by atoms with E-state index in [1.807, 2.05) is 13.1 Å². The molecule has 0 aliphatic carbocycles. The molecule has 0 unspecified atom stereocenters. The van der Waals surface area contributed by atoms with Crippen LogP contribution in [-0.2, 0) is 6.42 Å². The minimum atomic E-state index is 0.611. The van der Waals surface area contributed by atoms with Gasteiger partial charge in [0.25, 0.3) is 0 Å². The molecule has 0 aromatic carbocycles. The zero-order valence-electron chi connectivity index (χ0n) is 9.67. The summed E-state index contributed by atoms with van der Waals surface area (Å²) in [6.45, 7) is 0.925. The molecule has 0 saturated carbocycles. The average molecular weight is 246 g/mol. The van der Waals surface area contributed by atoms with Crippen LogP contribution in [0.15, 0.2) is 35.8 Å². The molecule has 0 aliphatic rings. The van der Waals surface area contributed by atoms with E-state index < -0.39 is 0 Å². The van der Waals surface area contributed by atoms with Crippen molar-refractivity contribution in [2.24, 2.45) is 0 Å². The van der Waals surface area contributed by atoms with Crippen molar-refractivity contribution >= 4 is 23.4 Å². The van der Waals surface area contributed by atoms with Gasteiger partial charge in [-0.15, -0.1) is 11.3 Å². The van der Waals surface area contributed by atoms with E-state index in [1.165, 1.54) is 4.88 Å². The van der Waals surface area contributed by atoms with Crippen LogP contribution >= 0.6 is 11.3 Å². The molecule has 0 saturated heterocycles. The predicted molar refractivity (Wildman–Crippen MR) is 70.9 cm³/mol. The second-order valence-corrected chi connectivity index (χ2v) is 4.85. The summed E-state index contributed by atoms with van der Waals surface area (Å²) in [4.78, 5) is 18.2. The van der Waals surface area contributed by atoms with Gasteiger partial charge in [0, 0.05) is 30.2 Å². The first kappa shape index (κ1) is 11.8. The van der Waals surface area contributed by atoms with Gasteiger partial charge in [0.2, 0.25) is 0 Å². The first-order valence-electron chi connectivity index (χ1n) is 5.44. The lowest BCUT2D eigenvalue weighted by atomic mass is 10.3. The number of pyridine rings is 1. The summed E-state index contributed by atoms with van der Waals surface area (Å²) in [5, 5.41) is 2.09. The van der Waals surface area contributed by atoms with Gasteiger partial charge in [0.05, 0.1) is 0 Å². The van der Waals surface area contributed by atoms with Crippen molar-refractivity contribution in [2.45, 2.75) is 6.42 Å². The molecule has 2 aromatic rings. The van der Waals surface area contributed by atoms with E-state index in [2.05, 4.69) is 27.4 Å². The molecule has 0 amide bonds. The molecule has 0 aliphatic heterocycles. The average Bonchev–Trinajstić information content (AvgIpc) is 2.89. The van der Waals surface area contributed by atoms with Crippen molar-refractivity contribution in [3.63, 3.8) is 0 Å². The Kier molecular flexibility index (Phi) is 3.88. The van der Waals surface area contributed by atoms with E-state index in [-0.39, 0.29) is 0 Å². The largest absolute Gasteiger partial charge is 0.359 e. The van der Waals surface area contributed by atoms with Crippen molar-refractivity contribution < 1.29 is 4.79 Å². The third kappa shape index (κ3) is 3.14. The topological polar surface area (TPSA) is 33.2 Å². The SMILES string of the molecule is CN(CCc1cccs1)c1ccc(C=O)cn1. The smallest absolute Gasteiger partial charge is 0.151 e. The zero-order valence-corrected chi connectivity index (χ0v) is 10.5. The predicted octanol–water partition coefficient (Wildman–Crippen LogP) is 2.63. The number of aromatic nitrogens is 1. The summed E-state index contributed by atoms with van der Waals surface area (Å²) in [5.74, 6) is 0.896. The van der Waals surface area contributed by atoms with Gasteiger partial charge in [-0.3, -0.25) is 4.79 Å². The van der Waals surface area contributed by atoms with E-state index in [0.717, 1.165) is 25.1 Å². The van der Waals surface area contributed by atoms with Gasteiger partial charge in [0.1, 0.15) is 5.82 Å². The van der Waals surface area contributed by atoms with Crippen LogP contribution in [0.5, 0.6) is 0 Å². The number of hydrogen-bond donors (Lipinski definition) is 0. The second kappa shape index (κ2) is 5.59. The van der Waals surface area contributed by atoms with Gasteiger partial charge < -0.3 is 4.90 Å². The molecule has 0 atom stereocenters. The maximum Gasteiger partial charge on any atom is 0.151 e. The fraction of sp³-hybridized carbons (Fsp3) is 0.231. The first-order chi connectivity index (χ1) is 8.29. The van der Waals surface area contributed by atoms with Gasteiger partial charge in [-0.25, -0.2) is 4.98 Å². The third-order valence-electron chi connectivity index (χ3n) is 2.57. The summed E-state index contributed by atoms with van der Waals surface area (Å²) in [6, 6.07) is 7.87. The highest BCUT2D eigenvalue weighted by molar-refractivity contribution is 7.09. The van der Waals surface area contributed by atoms with Crippen molar-refractivity contribution in [2.75, 3.05) is 18.5 Å². The Labute approximate surface area is 105 Å². The van der Waals surface area contributed by atoms with Gasteiger partial charge in [-0.05, 0) is 30.0 Å². The lowest BCUT2D eigenvalue weighted by molar-refractivity contribution is 0.112. The molecule has 3 nitrogen and oxygen atoms in total. The Balaban J connectivity index is 1.94. The monoisotopic (exact) mass is 246 g/mol. The highest BCUT2D eigenvalue weighted by Gasteiger charge is 2.03. The fourth-order valence-electron chi connectivity index (χ4n) is 1.54. The first-order valence-corrected chi connectivity index (χ1v) is 6.32. The van der Waals surface area contributed by atoms with Gasteiger partial charge >= 0.3 is 0 Å². The van der Waals surface area contributed by atoms with Crippen LogP contribution in [0.3, 0.4) is 0 Å². The Hall–Kier alpha value is -1.68. The Morgan fingerprint density at radius 2 is 2.29 bits per heavy atom. The molecule has 17 heavy (non-hydrogen) atoms. The lowest BCUT2D eigenvalue weighted by Crippen LogP contribution is -2.21. The van der Waals surface area contributed by atoms with Crippen molar-refractivity contribution in [3.05, 3.63) is 46.3 Å². The number of aldehydes is 1. The third-order valence-corrected chi connectivity index (χ3v) is 3.51. The van der Waals surface area contributed by atoms with E-state index in [0.29, 0.717) is 5.56 Å². The molecule has 2 aromatic heterocycles. The van der Waals surface area contributed by atoms with Gasteiger partial charge in [-0.2, -0.15) is 0 Å². The van der Waals surface area contributed by atoms with E-state index in [4.69, 9.17) is 0 Å². The maximum absolute atomic E-state index is 10.5. The lowest BCUT2D eigenvalue weighted by Gasteiger charge is -2.17. The number of anilines is 1. The summed E-state index contributed by atoms with van der Waals surface area (Å²) >= 11 is 1.77. The standard InChI is InChI=1S/C13H14N2OS/c1-15(7-6-12-3-2-8-17-12)13-5-4-11(10-16)9-14-13/h2-5,8-10H,6-7H2,1H3. The minimum absolute atomic E-state index is 0.611. The number of carbonyl (C=O) groups excluding carboxylic acids is 1. The molecule has 4 heteroatoms. The van der Waals surface area contributed by atoms with Crippen LogP contribution < -0.4 is 4.90 Å². The summed E-state index contributed by atoms with van der Waals surface area (Å²) in [6.07, 6.45) is 3.43. The molecule has 88 valence electrons. The quantitative estimate of drug-likeness (QED) is 0.760. The highest BCUT2D eigenvalue weighted by Crippen LogP contribution is 2.13. The molecule has 0 fully saturated rings. The molecule has 2 heterocycles. The van der Waals surface area contributed by atoms with Gasteiger partial charge in [-0.1, -0.05) is 6.07 Å². The number of rotatable bonds is 5. The number of thiophene rings is 1. The normalized spacial score (nSPS) is 10.2. The van der Waals surface area contributed by atoms with Crippen LogP contribution in [0.2, 0.25) is 0 Å². The van der Waals surface area contributed by atoms with Crippen LogP contribution in [0.25, 0.3) is 0 Å². The number of hydrogen-bond acceptors (Lipinski definition) is 4. The molecule has 0 bridgehead atoms. The van der Waals surface area contributed by atoms with Crippen LogP contribution in [-0.4, -0.2) is 24.9 Å². The Morgan fingerprint density at radius 3 is 2.88 bits per heavy atom. The van der Waals surface area contributed by atoms with Crippen LogP contribution in [0.4, 0.5) is 5.82 Å². The van der Waals surface area contributed by atoms with E-state index in [9.17, 15) is 4.79 Å². The number of likely N-dealkylation sites (N-methyl/N-ethyl adjacent to an activating group) is 1. The molecule has 0 N–H and O–H groups in total. The van der Waals surface area contributed by atoms with E-state index in [1.54, 1.807) is 23.6 Å². The molecule has 2 rings (SSSR count). The molecule has 0 radical (unpaired) electrons. The van der Waals surface area contributed by atoms with Crippen molar-refractivity contribution in [1.29, 1.82) is 0 Å². The minimum Gasteiger partial charge on any atom is -0.359 e. The maximum atomic E-state index is 10.5. The van der Waals surface area contributed by atoms with E-state index >= 15 is 0 Å². The summed E-state index contributed by atoms with van der Waals surface area (Å²) in [5.41, 5.74) is 0.611.